The van der Waals surface area contributed by atoms with Gasteiger partial charge in [-0.05, 0) is 50.8 Å². The molecule has 0 bridgehead atoms. The maximum Gasteiger partial charge on any atom is 0.300 e. The lowest BCUT2D eigenvalue weighted by molar-refractivity contribution is -0.142. The third-order valence-corrected chi connectivity index (χ3v) is 5.78. The van der Waals surface area contributed by atoms with Gasteiger partial charge < -0.3 is 14.4 Å². The second-order valence-electron chi connectivity index (χ2n) is 8.05. The molecule has 7 nitrogen and oxygen atoms in total. The van der Waals surface area contributed by atoms with Gasteiger partial charge in [-0.2, -0.15) is 0 Å². The first-order valence-corrected chi connectivity index (χ1v) is 9.48. The molecule has 0 radical (unpaired) electrons. The van der Waals surface area contributed by atoms with Crippen molar-refractivity contribution in [3.8, 4) is 11.5 Å². The summed E-state index contributed by atoms with van der Waals surface area (Å²) in [5.74, 6) is -0.639. The normalized spacial score (nSPS) is 20.4. The molecular formula is C21H24N2O5. The van der Waals surface area contributed by atoms with Crippen molar-refractivity contribution in [2.24, 2.45) is 0 Å². The molecule has 148 valence electrons. The second-order valence-corrected chi connectivity index (χ2v) is 8.05. The molecule has 1 aromatic rings. The summed E-state index contributed by atoms with van der Waals surface area (Å²) in [6, 6.07) is 3.63. The number of methoxy groups -OCH3 is 2. The molecule has 3 aliphatic rings. The number of Topliss-reactive ketones (excluding diaryl/α,β-unsaturated/α-hetero) is 1. The number of carbonyl (C=O) groups excluding carboxylic acids is 3. The molecule has 1 fully saturated rings. The Hall–Kier alpha value is -2.83. The van der Waals surface area contributed by atoms with Gasteiger partial charge in [-0.3, -0.25) is 19.3 Å². The molecule has 7 heteroatoms. The van der Waals surface area contributed by atoms with Crippen LogP contribution in [-0.4, -0.2) is 60.2 Å². The van der Waals surface area contributed by atoms with Crippen LogP contribution in [0.4, 0.5) is 0 Å². The van der Waals surface area contributed by atoms with Gasteiger partial charge in [0, 0.05) is 24.2 Å². The molecule has 1 aromatic carbocycles. The van der Waals surface area contributed by atoms with Gasteiger partial charge in [-0.1, -0.05) is 0 Å². The maximum absolute atomic E-state index is 13.2. The summed E-state index contributed by atoms with van der Waals surface area (Å²) in [6.45, 7) is 5.03. The summed E-state index contributed by atoms with van der Waals surface area (Å²) in [6.07, 6.45) is 2.36. The third-order valence-electron chi connectivity index (χ3n) is 5.78. The van der Waals surface area contributed by atoms with E-state index < -0.39 is 17.2 Å². The molecule has 0 unspecified atom stereocenters. The lowest BCUT2D eigenvalue weighted by Gasteiger charge is -2.42. The van der Waals surface area contributed by atoms with Crippen molar-refractivity contribution < 1.29 is 23.9 Å². The highest BCUT2D eigenvalue weighted by Crippen LogP contribution is 2.47. The topological polar surface area (TPSA) is 76.1 Å². The van der Waals surface area contributed by atoms with Gasteiger partial charge in [-0.15, -0.1) is 0 Å². The number of rotatable bonds is 3. The first kappa shape index (κ1) is 18.5. The molecule has 0 aliphatic carbocycles. The number of carbonyl (C=O) groups is 3. The molecule has 3 heterocycles. The zero-order valence-corrected chi connectivity index (χ0v) is 16.6. The first-order chi connectivity index (χ1) is 13.3. The van der Waals surface area contributed by atoms with Crippen LogP contribution in [0.1, 0.15) is 37.8 Å². The van der Waals surface area contributed by atoms with Crippen molar-refractivity contribution in [3.63, 3.8) is 0 Å². The summed E-state index contributed by atoms with van der Waals surface area (Å²) in [4.78, 5) is 42.1. The van der Waals surface area contributed by atoms with Crippen LogP contribution in [-0.2, 0) is 20.8 Å². The van der Waals surface area contributed by atoms with Crippen LogP contribution in [0.3, 0.4) is 0 Å². The van der Waals surface area contributed by atoms with Crippen LogP contribution in [0.15, 0.2) is 17.7 Å². The largest absolute Gasteiger partial charge is 0.493 e. The molecule has 0 spiro atoms. The van der Waals surface area contributed by atoms with Crippen molar-refractivity contribution in [2.75, 3.05) is 27.3 Å². The lowest BCUT2D eigenvalue weighted by Crippen LogP contribution is -2.49. The molecule has 0 atom stereocenters. The van der Waals surface area contributed by atoms with Crippen molar-refractivity contribution in [3.05, 3.63) is 28.8 Å². The number of fused-ring (bicyclic) bond motifs is 3. The quantitative estimate of drug-likeness (QED) is 0.587. The number of hydrogen-bond donors (Lipinski definition) is 0. The van der Waals surface area contributed by atoms with E-state index in [2.05, 4.69) is 0 Å². The van der Waals surface area contributed by atoms with Crippen LogP contribution < -0.4 is 9.47 Å². The van der Waals surface area contributed by atoms with Gasteiger partial charge in [0.25, 0.3) is 17.6 Å². The van der Waals surface area contributed by atoms with Crippen LogP contribution in [0.5, 0.6) is 11.5 Å². The van der Waals surface area contributed by atoms with Gasteiger partial charge in [0.2, 0.25) is 0 Å². The molecule has 0 N–H and O–H groups in total. The molecule has 2 amide bonds. The van der Waals surface area contributed by atoms with E-state index in [4.69, 9.17) is 9.47 Å². The molecule has 4 rings (SSSR count). The smallest absolute Gasteiger partial charge is 0.300 e. The van der Waals surface area contributed by atoms with E-state index >= 15 is 0 Å². The minimum Gasteiger partial charge on any atom is -0.493 e. The van der Waals surface area contributed by atoms with Crippen LogP contribution in [0.2, 0.25) is 0 Å². The number of amides is 2. The number of hydrogen-bond acceptors (Lipinski definition) is 5. The Morgan fingerprint density at radius 2 is 1.64 bits per heavy atom. The fourth-order valence-electron chi connectivity index (χ4n) is 4.47. The lowest BCUT2D eigenvalue weighted by atomic mass is 9.83. The Morgan fingerprint density at radius 1 is 1.04 bits per heavy atom. The SMILES string of the molecule is COc1cc2c(cc1OC)C1=C(C(=O)N3CCCC3)C(=O)C(=O)N1C(C)(C)C2. The van der Waals surface area contributed by atoms with Gasteiger partial charge >= 0.3 is 0 Å². The first-order valence-electron chi connectivity index (χ1n) is 9.48. The number of ketones is 1. The average Bonchev–Trinajstić information content (AvgIpc) is 3.28. The number of likely N-dealkylation sites (tertiary alicyclic amines) is 1. The van der Waals surface area contributed by atoms with Crippen LogP contribution >= 0.6 is 0 Å². The van der Waals surface area contributed by atoms with Gasteiger partial charge in [0.05, 0.1) is 19.9 Å². The average molecular weight is 384 g/mol. The highest BCUT2D eigenvalue weighted by Gasteiger charge is 2.52. The summed E-state index contributed by atoms with van der Waals surface area (Å²) in [5, 5.41) is 0. The summed E-state index contributed by atoms with van der Waals surface area (Å²) in [5.41, 5.74) is 1.34. The fraction of sp³-hybridized carbons (Fsp3) is 0.476. The summed E-state index contributed by atoms with van der Waals surface area (Å²) >= 11 is 0. The van der Waals surface area contributed by atoms with Gasteiger partial charge in [0.1, 0.15) is 5.57 Å². The standard InChI is InChI=1S/C21H24N2O5/c1-21(2)11-12-9-14(27-3)15(28-4)10-13(12)17-16(18(24)20(26)23(17)21)19(25)22-7-5-6-8-22/h9-10H,5-8,11H2,1-4H3. The Balaban J connectivity index is 1.97. The Kier molecular flexibility index (Phi) is 4.21. The predicted octanol–water partition coefficient (Wildman–Crippen LogP) is 1.78. The third kappa shape index (κ3) is 2.52. The monoisotopic (exact) mass is 384 g/mol. The van der Waals surface area contributed by atoms with E-state index in [0.717, 1.165) is 18.4 Å². The highest BCUT2D eigenvalue weighted by atomic mass is 16.5. The second kappa shape index (κ2) is 6.36. The fourth-order valence-corrected chi connectivity index (χ4v) is 4.47. The van der Waals surface area contributed by atoms with E-state index in [1.54, 1.807) is 18.1 Å². The van der Waals surface area contributed by atoms with Crippen LogP contribution in [0, 0.1) is 0 Å². The van der Waals surface area contributed by atoms with Gasteiger partial charge in [-0.25, -0.2) is 0 Å². The van der Waals surface area contributed by atoms with E-state index in [-0.39, 0.29) is 11.5 Å². The molecule has 1 saturated heterocycles. The minimum atomic E-state index is -0.720. The number of nitrogens with zero attached hydrogens (tertiary/aromatic N) is 2. The molecule has 0 saturated carbocycles. The van der Waals surface area contributed by atoms with Crippen molar-refractivity contribution in [2.45, 2.75) is 38.6 Å². The van der Waals surface area contributed by atoms with E-state index in [1.165, 1.54) is 12.0 Å². The van der Waals surface area contributed by atoms with Crippen molar-refractivity contribution >= 4 is 23.3 Å². The zero-order chi connectivity index (χ0) is 20.2. The summed E-state index contributed by atoms with van der Waals surface area (Å²) in [7, 11) is 3.10. The Morgan fingerprint density at radius 3 is 2.25 bits per heavy atom. The maximum atomic E-state index is 13.2. The number of ether oxygens (including phenoxy) is 2. The van der Waals surface area contributed by atoms with Crippen LogP contribution in [0.25, 0.3) is 5.70 Å². The predicted molar refractivity (Wildman–Crippen MR) is 102 cm³/mol. The Labute approximate surface area is 163 Å². The number of benzene rings is 1. The highest BCUT2D eigenvalue weighted by molar-refractivity contribution is 6.55. The Bertz CT molecular complexity index is 925. The van der Waals surface area contributed by atoms with E-state index in [1.807, 2.05) is 19.9 Å². The van der Waals surface area contributed by atoms with Crippen molar-refractivity contribution in [1.29, 1.82) is 0 Å². The zero-order valence-electron chi connectivity index (χ0n) is 16.6. The summed E-state index contributed by atoms with van der Waals surface area (Å²) < 4.78 is 10.8. The van der Waals surface area contributed by atoms with Crippen molar-refractivity contribution in [1.82, 2.24) is 9.80 Å². The van der Waals surface area contributed by atoms with E-state index in [0.29, 0.717) is 42.3 Å². The molecule has 28 heavy (non-hydrogen) atoms. The minimum absolute atomic E-state index is 0.0202. The molecule has 0 aromatic heterocycles. The van der Waals surface area contributed by atoms with E-state index in [9.17, 15) is 14.4 Å². The van der Waals surface area contributed by atoms with Gasteiger partial charge in [0.15, 0.2) is 11.5 Å². The molecule has 3 aliphatic heterocycles. The molecular weight excluding hydrogens is 360 g/mol.